The molecule has 0 radical (unpaired) electrons. The molecule has 0 unspecified atom stereocenters. The van der Waals surface area contributed by atoms with Crippen LogP contribution in [0.4, 0.5) is 5.69 Å². The first-order chi connectivity index (χ1) is 12.5. The van der Waals surface area contributed by atoms with Crippen molar-refractivity contribution in [1.82, 2.24) is 4.90 Å². The van der Waals surface area contributed by atoms with Crippen LogP contribution in [0.5, 0.6) is 0 Å². The summed E-state index contributed by atoms with van der Waals surface area (Å²) < 4.78 is 0. The molecular weight excluding hydrogens is 320 g/mol. The van der Waals surface area contributed by atoms with Crippen LogP contribution >= 0.6 is 0 Å². The van der Waals surface area contributed by atoms with E-state index >= 15 is 0 Å². The molecule has 2 aromatic carbocycles. The molecule has 0 aliphatic heterocycles. The first kappa shape index (κ1) is 18.7. The molecule has 1 amide bonds. The average Bonchev–Trinajstić information content (AvgIpc) is 3.12. The van der Waals surface area contributed by atoms with Crippen molar-refractivity contribution < 1.29 is 4.79 Å². The van der Waals surface area contributed by atoms with Crippen LogP contribution < -0.4 is 5.32 Å². The van der Waals surface area contributed by atoms with E-state index in [0.717, 1.165) is 49.9 Å². The van der Waals surface area contributed by atoms with Gasteiger partial charge in [0.15, 0.2) is 0 Å². The third kappa shape index (κ3) is 4.16. The van der Waals surface area contributed by atoms with Crippen LogP contribution in [0.3, 0.4) is 0 Å². The van der Waals surface area contributed by atoms with Crippen LogP contribution in [0.2, 0.25) is 0 Å². The second-order valence-electron chi connectivity index (χ2n) is 7.86. The van der Waals surface area contributed by atoms with Crippen molar-refractivity contribution in [3.8, 4) is 0 Å². The van der Waals surface area contributed by atoms with Crippen LogP contribution in [0.15, 0.2) is 48.5 Å². The average molecular weight is 351 g/mol. The maximum Gasteiger partial charge on any atom is 0.235 e. The molecule has 1 aliphatic rings. The zero-order chi connectivity index (χ0) is 18.6. The number of hydrogen-bond acceptors (Lipinski definition) is 2. The largest absolute Gasteiger partial charge is 0.325 e. The number of aryl methyl sites for hydroxylation is 1. The third-order valence-electron chi connectivity index (χ3n) is 5.52. The fraction of sp³-hybridized carbons (Fsp3) is 0.435. The van der Waals surface area contributed by atoms with Gasteiger partial charge in [0.2, 0.25) is 5.91 Å². The fourth-order valence-corrected chi connectivity index (χ4v) is 3.93. The minimum Gasteiger partial charge on any atom is -0.325 e. The summed E-state index contributed by atoms with van der Waals surface area (Å²) in [7, 11) is 4.17. The van der Waals surface area contributed by atoms with Crippen LogP contribution in [0, 0.1) is 6.92 Å². The molecule has 3 heteroatoms. The number of nitrogens with one attached hydrogen (secondary N) is 1. The topological polar surface area (TPSA) is 32.3 Å². The Hall–Kier alpha value is -2.13. The predicted molar refractivity (Wildman–Crippen MR) is 109 cm³/mol. The first-order valence-corrected chi connectivity index (χ1v) is 9.62. The van der Waals surface area contributed by atoms with Crippen molar-refractivity contribution in [3.63, 3.8) is 0 Å². The number of hydrogen-bond donors (Lipinski definition) is 1. The van der Waals surface area contributed by atoms with E-state index in [1.165, 1.54) is 11.1 Å². The lowest BCUT2D eigenvalue weighted by Gasteiger charge is -2.28. The van der Waals surface area contributed by atoms with Gasteiger partial charge in [0.05, 0.1) is 5.41 Å². The van der Waals surface area contributed by atoms with E-state index in [-0.39, 0.29) is 11.3 Å². The highest BCUT2D eigenvalue weighted by Gasteiger charge is 2.42. The summed E-state index contributed by atoms with van der Waals surface area (Å²) in [5.41, 5.74) is 4.19. The van der Waals surface area contributed by atoms with E-state index in [4.69, 9.17) is 0 Å². The van der Waals surface area contributed by atoms with Gasteiger partial charge in [-0.1, -0.05) is 54.8 Å². The van der Waals surface area contributed by atoms with E-state index < -0.39 is 0 Å². The lowest BCUT2D eigenvalue weighted by molar-refractivity contribution is -0.121. The number of carbonyl (C=O) groups is 1. The SMILES string of the molecule is Cc1cccc(C2(C(=O)Nc3ccc(CCN(C)C)cc3)CCCC2)c1. The molecule has 1 saturated carbocycles. The van der Waals surface area contributed by atoms with Crippen molar-refractivity contribution in [2.24, 2.45) is 0 Å². The monoisotopic (exact) mass is 350 g/mol. The molecule has 0 heterocycles. The molecule has 1 aliphatic carbocycles. The zero-order valence-corrected chi connectivity index (χ0v) is 16.2. The normalized spacial score (nSPS) is 16.0. The van der Waals surface area contributed by atoms with E-state index in [9.17, 15) is 4.79 Å². The molecule has 2 aromatic rings. The Kier molecular flexibility index (Phi) is 5.77. The lowest BCUT2D eigenvalue weighted by atomic mass is 9.77. The number of likely N-dealkylation sites (N-methyl/N-ethyl adjacent to an activating group) is 1. The second-order valence-corrected chi connectivity index (χ2v) is 7.86. The van der Waals surface area contributed by atoms with Gasteiger partial charge < -0.3 is 10.2 Å². The number of amides is 1. The summed E-state index contributed by atoms with van der Waals surface area (Å²) in [6.45, 7) is 3.12. The molecule has 0 spiro atoms. The van der Waals surface area contributed by atoms with E-state index in [0.29, 0.717) is 0 Å². The summed E-state index contributed by atoms with van der Waals surface area (Å²) >= 11 is 0. The molecule has 1 N–H and O–H groups in total. The molecule has 3 nitrogen and oxygen atoms in total. The van der Waals surface area contributed by atoms with Crippen LogP contribution in [-0.4, -0.2) is 31.4 Å². The van der Waals surface area contributed by atoms with Gasteiger partial charge in [0.25, 0.3) is 0 Å². The molecule has 0 aromatic heterocycles. The number of rotatable bonds is 6. The molecule has 0 atom stereocenters. The number of nitrogens with zero attached hydrogens (tertiary/aromatic N) is 1. The Morgan fingerprint density at radius 3 is 2.38 bits per heavy atom. The van der Waals surface area contributed by atoms with Crippen molar-refractivity contribution in [2.45, 2.75) is 44.4 Å². The predicted octanol–water partition coefficient (Wildman–Crippen LogP) is 4.55. The maximum atomic E-state index is 13.2. The standard InChI is InChI=1S/C23H30N2O/c1-18-7-6-8-20(17-18)23(14-4-5-15-23)22(26)24-21-11-9-19(10-12-21)13-16-25(2)3/h6-12,17H,4-5,13-16H2,1-3H3,(H,24,26). The molecular formula is C23H30N2O. The molecule has 0 bridgehead atoms. The van der Waals surface area contributed by atoms with Crippen molar-refractivity contribution >= 4 is 11.6 Å². The van der Waals surface area contributed by atoms with Gasteiger partial charge in [0, 0.05) is 12.2 Å². The van der Waals surface area contributed by atoms with Gasteiger partial charge in [-0.05, 0) is 63.5 Å². The maximum absolute atomic E-state index is 13.2. The second kappa shape index (κ2) is 8.05. The minimum atomic E-state index is -0.379. The highest BCUT2D eigenvalue weighted by atomic mass is 16.2. The summed E-state index contributed by atoms with van der Waals surface area (Å²) in [4.78, 5) is 15.4. The van der Waals surface area contributed by atoms with Gasteiger partial charge in [0.1, 0.15) is 0 Å². The van der Waals surface area contributed by atoms with E-state index in [1.54, 1.807) is 0 Å². The Bertz CT molecular complexity index is 743. The van der Waals surface area contributed by atoms with Crippen LogP contribution in [0.25, 0.3) is 0 Å². The number of anilines is 1. The van der Waals surface area contributed by atoms with Gasteiger partial charge in [-0.2, -0.15) is 0 Å². The van der Waals surface area contributed by atoms with E-state index in [1.807, 2.05) is 12.1 Å². The van der Waals surface area contributed by atoms with Crippen LogP contribution in [-0.2, 0) is 16.6 Å². The first-order valence-electron chi connectivity index (χ1n) is 9.62. The fourth-order valence-electron chi connectivity index (χ4n) is 3.93. The van der Waals surface area contributed by atoms with Crippen molar-refractivity contribution in [3.05, 3.63) is 65.2 Å². The summed E-state index contributed by atoms with van der Waals surface area (Å²) in [5.74, 6) is 0.140. The van der Waals surface area contributed by atoms with Gasteiger partial charge in [-0.25, -0.2) is 0 Å². The van der Waals surface area contributed by atoms with Crippen molar-refractivity contribution in [2.75, 3.05) is 26.0 Å². The number of carbonyl (C=O) groups excluding carboxylic acids is 1. The minimum absolute atomic E-state index is 0.140. The lowest BCUT2D eigenvalue weighted by Crippen LogP contribution is -2.38. The molecule has 26 heavy (non-hydrogen) atoms. The smallest absolute Gasteiger partial charge is 0.235 e. The molecule has 0 saturated heterocycles. The Morgan fingerprint density at radius 1 is 1.08 bits per heavy atom. The molecule has 1 fully saturated rings. The van der Waals surface area contributed by atoms with Gasteiger partial charge in [-0.3, -0.25) is 4.79 Å². The summed E-state index contributed by atoms with van der Waals surface area (Å²) in [6, 6.07) is 16.7. The van der Waals surface area contributed by atoms with Gasteiger partial charge >= 0.3 is 0 Å². The quantitative estimate of drug-likeness (QED) is 0.829. The highest BCUT2D eigenvalue weighted by molar-refractivity contribution is 5.99. The third-order valence-corrected chi connectivity index (χ3v) is 5.52. The zero-order valence-electron chi connectivity index (χ0n) is 16.2. The van der Waals surface area contributed by atoms with Crippen LogP contribution in [0.1, 0.15) is 42.4 Å². The van der Waals surface area contributed by atoms with Crippen molar-refractivity contribution in [1.29, 1.82) is 0 Å². The summed E-state index contributed by atoms with van der Waals surface area (Å²) in [5, 5.41) is 3.19. The Balaban J connectivity index is 1.75. The molecule has 138 valence electrons. The van der Waals surface area contributed by atoms with Gasteiger partial charge in [-0.15, -0.1) is 0 Å². The number of benzene rings is 2. The highest BCUT2D eigenvalue weighted by Crippen LogP contribution is 2.42. The van der Waals surface area contributed by atoms with E-state index in [2.05, 4.69) is 67.6 Å². The Labute approximate surface area is 157 Å². The summed E-state index contributed by atoms with van der Waals surface area (Å²) in [6.07, 6.45) is 5.12. The molecule has 3 rings (SSSR count). The Morgan fingerprint density at radius 2 is 1.77 bits per heavy atom.